The molecule has 1 N–H and O–H groups in total. The molecule has 140 valence electrons. The molecule has 0 aliphatic rings. The lowest BCUT2D eigenvalue weighted by Gasteiger charge is -2.08. The van der Waals surface area contributed by atoms with Gasteiger partial charge in [-0.25, -0.2) is 4.68 Å². The number of carbonyl (C=O) groups excluding carboxylic acids is 1. The van der Waals surface area contributed by atoms with Crippen LogP contribution in [0.5, 0.6) is 0 Å². The van der Waals surface area contributed by atoms with Gasteiger partial charge in [0, 0.05) is 24.7 Å². The molecule has 0 atom stereocenters. The maximum Gasteiger partial charge on any atom is 0.270 e. The van der Waals surface area contributed by atoms with E-state index in [9.17, 15) is 14.9 Å². The van der Waals surface area contributed by atoms with Crippen LogP contribution in [0.1, 0.15) is 36.7 Å². The van der Waals surface area contributed by atoms with Gasteiger partial charge in [-0.05, 0) is 30.7 Å². The Kier molecular flexibility index (Phi) is 5.65. The van der Waals surface area contributed by atoms with Crippen molar-refractivity contribution in [3.05, 3.63) is 64.5 Å². The maximum absolute atomic E-state index is 12.6. The first-order chi connectivity index (χ1) is 13.1. The van der Waals surface area contributed by atoms with Crippen LogP contribution in [0.15, 0.2) is 53.1 Å². The van der Waals surface area contributed by atoms with Gasteiger partial charge in [-0.1, -0.05) is 19.8 Å². The molecule has 0 bridgehead atoms. The van der Waals surface area contributed by atoms with Gasteiger partial charge in [0.15, 0.2) is 5.76 Å². The summed E-state index contributed by atoms with van der Waals surface area (Å²) in [4.78, 5) is 23.0. The number of furan rings is 1. The third-order valence-electron chi connectivity index (χ3n) is 4.09. The summed E-state index contributed by atoms with van der Waals surface area (Å²) in [7, 11) is 0. The molecule has 1 amide bonds. The molecule has 2 aromatic heterocycles. The number of nitro groups is 1. The highest BCUT2D eigenvalue weighted by atomic mass is 16.6. The van der Waals surface area contributed by atoms with Crippen LogP contribution < -0.4 is 5.32 Å². The van der Waals surface area contributed by atoms with E-state index in [2.05, 4.69) is 17.3 Å². The minimum absolute atomic E-state index is 0.0252. The van der Waals surface area contributed by atoms with Crippen molar-refractivity contribution in [2.75, 3.05) is 6.54 Å². The highest BCUT2D eigenvalue weighted by molar-refractivity contribution is 5.94. The number of hydrogen-bond donors (Lipinski definition) is 1. The summed E-state index contributed by atoms with van der Waals surface area (Å²) in [6.07, 6.45) is 4.54. The third kappa shape index (κ3) is 4.22. The zero-order valence-corrected chi connectivity index (χ0v) is 14.9. The van der Waals surface area contributed by atoms with Crippen molar-refractivity contribution in [3.8, 4) is 17.1 Å². The highest BCUT2D eigenvalue weighted by Crippen LogP contribution is 2.23. The summed E-state index contributed by atoms with van der Waals surface area (Å²) in [6.45, 7) is 2.68. The molecule has 0 saturated carbocycles. The predicted octanol–water partition coefficient (Wildman–Crippen LogP) is 3.96. The second kappa shape index (κ2) is 8.31. The van der Waals surface area contributed by atoms with Crippen molar-refractivity contribution in [2.24, 2.45) is 0 Å². The van der Waals surface area contributed by atoms with Crippen LogP contribution in [-0.2, 0) is 0 Å². The van der Waals surface area contributed by atoms with Crippen LogP contribution in [0.3, 0.4) is 0 Å². The molecule has 0 unspecified atom stereocenters. The number of nitrogens with one attached hydrogen (secondary N) is 1. The molecule has 1 aromatic carbocycles. The second-order valence-electron chi connectivity index (χ2n) is 6.04. The zero-order valence-electron chi connectivity index (χ0n) is 14.9. The van der Waals surface area contributed by atoms with Gasteiger partial charge in [0.25, 0.3) is 11.6 Å². The highest BCUT2D eigenvalue weighted by Gasteiger charge is 2.19. The number of benzene rings is 1. The number of carbonyl (C=O) groups is 1. The topological polar surface area (TPSA) is 103 Å². The van der Waals surface area contributed by atoms with E-state index in [4.69, 9.17) is 4.42 Å². The first-order valence-corrected chi connectivity index (χ1v) is 8.77. The Balaban J connectivity index is 1.92. The summed E-state index contributed by atoms with van der Waals surface area (Å²) in [5.74, 6) is 0.283. The van der Waals surface area contributed by atoms with Crippen LogP contribution in [0.4, 0.5) is 5.69 Å². The number of rotatable bonds is 8. The average Bonchev–Trinajstić information content (AvgIpc) is 3.34. The molecule has 0 aliphatic heterocycles. The minimum atomic E-state index is -0.470. The largest absolute Gasteiger partial charge is 0.463 e. The van der Waals surface area contributed by atoms with Crippen LogP contribution in [0.25, 0.3) is 17.1 Å². The smallest absolute Gasteiger partial charge is 0.270 e. The van der Waals surface area contributed by atoms with E-state index in [1.807, 2.05) is 0 Å². The Morgan fingerprint density at radius 1 is 1.26 bits per heavy atom. The quantitative estimate of drug-likeness (QED) is 0.368. The third-order valence-corrected chi connectivity index (χ3v) is 4.09. The summed E-state index contributed by atoms with van der Waals surface area (Å²) in [5.41, 5.74) is 1.38. The zero-order chi connectivity index (χ0) is 19.2. The van der Waals surface area contributed by atoms with E-state index in [1.165, 1.54) is 23.1 Å². The van der Waals surface area contributed by atoms with Gasteiger partial charge in [0.1, 0.15) is 11.4 Å². The van der Waals surface area contributed by atoms with Gasteiger partial charge < -0.3 is 9.73 Å². The summed E-state index contributed by atoms with van der Waals surface area (Å²) >= 11 is 0. The number of non-ortho nitro benzene ring substituents is 1. The van der Waals surface area contributed by atoms with E-state index < -0.39 is 4.92 Å². The van der Waals surface area contributed by atoms with Gasteiger partial charge in [-0.15, -0.1) is 0 Å². The van der Waals surface area contributed by atoms with Crippen LogP contribution >= 0.6 is 0 Å². The van der Waals surface area contributed by atoms with E-state index >= 15 is 0 Å². The molecular weight excluding hydrogens is 348 g/mol. The van der Waals surface area contributed by atoms with E-state index in [0.717, 1.165) is 19.3 Å². The molecular formula is C19H20N4O4. The fraction of sp³-hybridized carbons (Fsp3) is 0.263. The molecule has 3 rings (SSSR count). The van der Waals surface area contributed by atoms with E-state index in [0.29, 0.717) is 29.4 Å². The molecule has 8 nitrogen and oxygen atoms in total. The summed E-state index contributed by atoms with van der Waals surface area (Å²) in [6, 6.07) is 11.0. The molecule has 27 heavy (non-hydrogen) atoms. The van der Waals surface area contributed by atoms with Crippen molar-refractivity contribution in [1.29, 1.82) is 0 Å². The Morgan fingerprint density at radius 3 is 2.67 bits per heavy atom. The van der Waals surface area contributed by atoms with E-state index in [1.54, 1.807) is 30.3 Å². The Morgan fingerprint density at radius 2 is 2.04 bits per heavy atom. The Labute approximate surface area is 156 Å². The molecule has 0 saturated heterocycles. The monoisotopic (exact) mass is 368 g/mol. The van der Waals surface area contributed by atoms with E-state index in [-0.39, 0.29) is 11.6 Å². The molecule has 8 heteroatoms. The van der Waals surface area contributed by atoms with Gasteiger partial charge in [-0.2, -0.15) is 5.10 Å². The molecule has 0 spiro atoms. The number of hydrogen-bond acceptors (Lipinski definition) is 5. The van der Waals surface area contributed by atoms with Crippen molar-refractivity contribution in [1.82, 2.24) is 15.1 Å². The molecule has 0 fully saturated rings. The van der Waals surface area contributed by atoms with Gasteiger partial charge in [0.05, 0.1) is 16.9 Å². The predicted molar refractivity (Wildman–Crippen MR) is 99.8 cm³/mol. The maximum atomic E-state index is 12.6. The van der Waals surface area contributed by atoms with Gasteiger partial charge in [-0.3, -0.25) is 14.9 Å². The van der Waals surface area contributed by atoms with Gasteiger partial charge in [0.2, 0.25) is 0 Å². The Bertz CT molecular complexity index is 914. The Hall–Kier alpha value is -3.42. The van der Waals surface area contributed by atoms with Crippen molar-refractivity contribution < 1.29 is 14.1 Å². The lowest BCUT2D eigenvalue weighted by molar-refractivity contribution is -0.384. The van der Waals surface area contributed by atoms with Crippen LogP contribution in [-0.4, -0.2) is 27.2 Å². The van der Waals surface area contributed by atoms with Gasteiger partial charge >= 0.3 is 0 Å². The first-order valence-electron chi connectivity index (χ1n) is 8.77. The fourth-order valence-electron chi connectivity index (χ4n) is 2.67. The summed E-state index contributed by atoms with van der Waals surface area (Å²) < 4.78 is 6.84. The SMILES string of the molecule is CCCCCNC(=O)c1cc(-c2ccco2)nn1-c1ccc([N+](=O)[O-])cc1. The first kappa shape index (κ1) is 18.4. The lowest BCUT2D eigenvalue weighted by Crippen LogP contribution is -2.26. The average molecular weight is 368 g/mol. The number of nitro benzene ring substituents is 1. The molecule has 0 radical (unpaired) electrons. The number of unbranched alkanes of at least 4 members (excludes halogenated alkanes) is 2. The molecule has 3 aromatic rings. The van der Waals surface area contributed by atoms with Crippen molar-refractivity contribution in [3.63, 3.8) is 0 Å². The number of nitrogens with zero attached hydrogens (tertiary/aromatic N) is 3. The van der Waals surface area contributed by atoms with Crippen LogP contribution in [0, 0.1) is 10.1 Å². The second-order valence-corrected chi connectivity index (χ2v) is 6.04. The molecule has 0 aliphatic carbocycles. The molecule has 2 heterocycles. The minimum Gasteiger partial charge on any atom is -0.463 e. The van der Waals surface area contributed by atoms with Crippen LogP contribution in [0.2, 0.25) is 0 Å². The summed E-state index contributed by atoms with van der Waals surface area (Å²) in [5, 5.41) is 18.2. The fourth-order valence-corrected chi connectivity index (χ4v) is 2.67. The normalized spacial score (nSPS) is 10.7. The standard InChI is InChI=1S/C19H20N4O4/c1-2-3-4-11-20-19(24)17-13-16(18-6-5-12-27-18)21-22(17)14-7-9-15(10-8-14)23(25)26/h5-10,12-13H,2-4,11H2,1H3,(H,20,24). The lowest BCUT2D eigenvalue weighted by atomic mass is 10.2. The number of amides is 1. The van der Waals surface area contributed by atoms with Crippen molar-refractivity contribution >= 4 is 11.6 Å². The number of aromatic nitrogens is 2. The van der Waals surface area contributed by atoms with Crippen molar-refractivity contribution in [2.45, 2.75) is 26.2 Å².